The Hall–Kier alpha value is -7.24. The zero-order chi connectivity index (χ0) is 48.1. The molecule has 4 aromatic carbocycles. The van der Waals surface area contributed by atoms with E-state index in [0.29, 0.717) is 60.2 Å². The van der Waals surface area contributed by atoms with E-state index in [2.05, 4.69) is 36.7 Å². The van der Waals surface area contributed by atoms with Crippen molar-refractivity contribution in [2.75, 3.05) is 75.0 Å². The summed E-state index contributed by atoms with van der Waals surface area (Å²) in [7, 11) is 1.68. The highest BCUT2D eigenvalue weighted by Crippen LogP contribution is 2.48. The largest absolute Gasteiger partial charge is 0.495 e. The third-order valence-electron chi connectivity index (χ3n) is 14.8. The standard InChI is InChI=1S/C53H54FN9O7/c1-69-46-27-40-42(55-19-14-45(40)70-38-9-7-36(8-10-38)58-52(68)53(17-18-53)51(67)57-35-5-3-34(54)4-6-35)28-44(46)62-20-15-32(16-21-62)29-60-22-24-61(25-23-60)30-37-26-33-2-11-39-41(48(33)56-37)31-63(50(39)66)43-12-13-47(64)59-49(43)65/h2-11,14,19,27-28,32,43H,12-13,15-18,20-26,29-31H2,1H3,(H,57,67)(H,58,68)(H,59,64,65)/t43-/m0/s1. The minimum absolute atomic E-state index is 0.169. The fraction of sp³-hybridized carbons (Fsp3) is 0.377. The van der Waals surface area contributed by atoms with E-state index >= 15 is 0 Å². The van der Waals surface area contributed by atoms with Crippen LogP contribution >= 0.6 is 0 Å². The Morgan fingerprint density at radius 3 is 2.21 bits per heavy atom. The molecule has 360 valence electrons. The minimum Gasteiger partial charge on any atom is -0.495 e. The number of carbonyl (C=O) groups is 5. The van der Waals surface area contributed by atoms with E-state index in [1.807, 2.05) is 24.3 Å². The second kappa shape index (κ2) is 18.6. The van der Waals surface area contributed by atoms with Crippen LogP contribution in [0.4, 0.5) is 27.1 Å². The van der Waals surface area contributed by atoms with Crippen LogP contribution in [-0.2, 0) is 32.1 Å². The summed E-state index contributed by atoms with van der Waals surface area (Å²) in [6.45, 7) is 7.95. The summed E-state index contributed by atoms with van der Waals surface area (Å²) < 4.78 is 25.7. The lowest BCUT2D eigenvalue weighted by molar-refractivity contribution is -0.137. The van der Waals surface area contributed by atoms with Gasteiger partial charge < -0.3 is 34.8 Å². The number of aromatic nitrogens is 1. The van der Waals surface area contributed by atoms with Gasteiger partial charge in [-0.2, -0.15) is 0 Å². The van der Waals surface area contributed by atoms with E-state index in [-0.39, 0.29) is 18.2 Å². The molecule has 1 saturated carbocycles. The van der Waals surface area contributed by atoms with Crippen molar-refractivity contribution in [2.24, 2.45) is 16.3 Å². The van der Waals surface area contributed by atoms with E-state index in [0.717, 1.165) is 116 Å². The number of anilines is 3. The van der Waals surface area contributed by atoms with Gasteiger partial charge in [-0.3, -0.25) is 44.2 Å². The Kier molecular flexibility index (Phi) is 12.0. The van der Waals surface area contributed by atoms with Crippen LogP contribution in [0.3, 0.4) is 0 Å². The number of fused-ring (bicyclic) bond motifs is 4. The predicted octanol–water partition coefficient (Wildman–Crippen LogP) is 6.46. The summed E-state index contributed by atoms with van der Waals surface area (Å²) in [6, 6.07) is 21.6. The van der Waals surface area contributed by atoms with Gasteiger partial charge in [0.25, 0.3) is 5.91 Å². The lowest BCUT2D eigenvalue weighted by atomic mass is 9.95. The van der Waals surface area contributed by atoms with Gasteiger partial charge in [-0.05, 0) is 116 Å². The van der Waals surface area contributed by atoms with Gasteiger partial charge in [0.1, 0.15) is 34.5 Å². The van der Waals surface area contributed by atoms with Gasteiger partial charge >= 0.3 is 0 Å². The molecule has 16 nitrogen and oxygen atoms in total. The Bertz CT molecular complexity index is 2940. The number of rotatable bonds is 13. The molecule has 0 unspecified atom stereocenters. The molecule has 17 heteroatoms. The molecule has 5 aromatic rings. The summed E-state index contributed by atoms with van der Waals surface area (Å²) in [5, 5.41) is 8.80. The van der Waals surface area contributed by atoms with E-state index in [9.17, 15) is 28.4 Å². The van der Waals surface area contributed by atoms with Gasteiger partial charge in [0.05, 0.1) is 24.0 Å². The van der Waals surface area contributed by atoms with Gasteiger partial charge in [-0.15, -0.1) is 0 Å². The fourth-order valence-corrected chi connectivity index (χ4v) is 10.7. The number of nitrogens with zero attached hydrogens (tertiary/aromatic N) is 6. The predicted molar refractivity (Wildman–Crippen MR) is 261 cm³/mol. The SMILES string of the molecule is COc1cc2c(Oc3ccc(NC(=O)C4(C(=O)Nc5ccc(F)cc5)CC4)cc3)ccnc2cc1N1CCC(CN2CCN(CC3=Nc4c(ccc5c4CN([C@H]4CCC(=O)NC4=O)C5=O)C3)CC2)CC1. The number of amides is 5. The molecule has 1 atom stereocenters. The summed E-state index contributed by atoms with van der Waals surface area (Å²) >= 11 is 0. The maximum Gasteiger partial charge on any atom is 0.255 e. The Morgan fingerprint density at radius 1 is 0.829 bits per heavy atom. The van der Waals surface area contributed by atoms with Gasteiger partial charge in [0, 0.05) is 112 Å². The number of piperidine rings is 2. The summed E-state index contributed by atoms with van der Waals surface area (Å²) in [6.07, 6.45) is 6.05. The zero-order valence-electron chi connectivity index (χ0n) is 39.0. The van der Waals surface area contributed by atoms with E-state index in [1.54, 1.807) is 42.5 Å². The summed E-state index contributed by atoms with van der Waals surface area (Å²) in [5.41, 5.74) is 6.18. The average molecular weight is 948 g/mol. The van der Waals surface area contributed by atoms with Crippen LogP contribution in [0.15, 0.2) is 90.1 Å². The molecule has 6 heterocycles. The van der Waals surface area contributed by atoms with Crippen molar-refractivity contribution < 1.29 is 37.8 Å². The number of carbonyl (C=O) groups excluding carboxylic acids is 5. The topological polar surface area (TPSA) is 178 Å². The van der Waals surface area contributed by atoms with Crippen molar-refractivity contribution in [2.45, 2.75) is 57.5 Å². The number of ether oxygens (including phenoxy) is 2. The van der Waals surface area contributed by atoms with Crippen molar-refractivity contribution in [3.05, 3.63) is 108 Å². The van der Waals surface area contributed by atoms with E-state index in [1.165, 1.54) is 24.3 Å². The highest BCUT2D eigenvalue weighted by atomic mass is 19.1. The molecule has 5 aliphatic heterocycles. The summed E-state index contributed by atoms with van der Waals surface area (Å²) in [4.78, 5) is 82.8. The number of methoxy groups -OCH3 is 1. The molecule has 3 N–H and O–H groups in total. The monoisotopic (exact) mass is 947 g/mol. The number of nitrogens with one attached hydrogen (secondary N) is 3. The highest BCUT2D eigenvalue weighted by molar-refractivity contribution is 6.17. The van der Waals surface area contributed by atoms with Gasteiger partial charge in [-0.1, -0.05) is 6.07 Å². The fourth-order valence-electron chi connectivity index (χ4n) is 10.7. The number of piperazine rings is 1. The van der Waals surface area contributed by atoms with Gasteiger partial charge in [0.15, 0.2) is 0 Å². The molecule has 0 radical (unpaired) electrons. The Morgan fingerprint density at radius 2 is 1.53 bits per heavy atom. The smallest absolute Gasteiger partial charge is 0.255 e. The first-order valence-corrected chi connectivity index (χ1v) is 24.2. The zero-order valence-corrected chi connectivity index (χ0v) is 39.0. The van der Waals surface area contributed by atoms with E-state index in [4.69, 9.17) is 19.5 Å². The summed E-state index contributed by atoms with van der Waals surface area (Å²) in [5.74, 6) is 0.434. The third kappa shape index (κ3) is 8.94. The van der Waals surface area contributed by atoms with Crippen molar-refractivity contribution in [1.82, 2.24) is 25.0 Å². The first-order chi connectivity index (χ1) is 34.0. The molecule has 5 amide bonds. The van der Waals surface area contributed by atoms with Crippen LogP contribution < -0.4 is 30.3 Å². The minimum atomic E-state index is -1.17. The maximum absolute atomic E-state index is 13.4. The molecule has 0 bridgehead atoms. The van der Waals surface area contributed by atoms with Crippen LogP contribution in [0.1, 0.15) is 60.0 Å². The maximum atomic E-state index is 13.4. The molecule has 1 aromatic heterocycles. The lowest BCUT2D eigenvalue weighted by Gasteiger charge is -2.39. The highest BCUT2D eigenvalue weighted by Gasteiger charge is 2.56. The van der Waals surface area contributed by atoms with Crippen LogP contribution in [-0.4, -0.2) is 120 Å². The van der Waals surface area contributed by atoms with Gasteiger partial charge in [0.2, 0.25) is 23.6 Å². The third-order valence-corrected chi connectivity index (χ3v) is 14.8. The molecule has 11 rings (SSSR count). The second-order valence-electron chi connectivity index (χ2n) is 19.3. The van der Waals surface area contributed by atoms with Crippen molar-refractivity contribution >= 4 is 68.9 Å². The van der Waals surface area contributed by atoms with Crippen molar-refractivity contribution in [3.8, 4) is 17.2 Å². The van der Waals surface area contributed by atoms with Crippen LogP contribution in [0.5, 0.6) is 17.2 Å². The number of benzene rings is 4. The van der Waals surface area contributed by atoms with Crippen LogP contribution in [0.25, 0.3) is 10.9 Å². The molecule has 1 aliphatic carbocycles. The Balaban J connectivity index is 0.654. The average Bonchev–Trinajstić information content (AvgIpc) is 3.99. The molecule has 0 spiro atoms. The number of imide groups is 1. The van der Waals surface area contributed by atoms with Crippen LogP contribution in [0.2, 0.25) is 0 Å². The molecular weight excluding hydrogens is 894 g/mol. The molecule has 70 heavy (non-hydrogen) atoms. The number of hydrogen-bond donors (Lipinski definition) is 3. The number of halogens is 1. The number of hydrogen-bond acceptors (Lipinski definition) is 12. The van der Waals surface area contributed by atoms with E-state index < -0.39 is 35.0 Å². The van der Waals surface area contributed by atoms with Crippen molar-refractivity contribution in [1.29, 1.82) is 0 Å². The molecule has 6 aliphatic rings. The first-order valence-electron chi connectivity index (χ1n) is 24.2. The second-order valence-corrected chi connectivity index (χ2v) is 19.3. The van der Waals surface area contributed by atoms with Gasteiger partial charge in [-0.25, -0.2) is 4.39 Å². The normalized spacial score (nSPS) is 20.2. The molecule has 3 saturated heterocycles. The quantitative estimate of drug-likeness (QED) is 0.0873. The van der Waals surface area contributed by atoms with Crippen LogP contribution in [0, 0.1) is 17.2 Å². The molecule has 4 fully saturated rings. The number of pyridine rings is 1. The molecular formula is C53H54FN9O7. The lowest BCUT2D eigenvalue weighted by Crippen LogP contribution is -2.52. The Labute approximate surface area is 404 Å². The first kappa shape index (κ1) is 45.2. The number of aliphatic imine (C=N–C) groups is 1. The van der Waals surface area contributed by atoms with Crippen molar-refractivity contribution in [3.63, 3.8) is 0 Å².